The third kappa shape index (κ3) is 3.61. The lowest BCUT2D eigenvalue weighted by molar-refractivity contribution is 1.07. The molecule has 5 rings (SSSR count). The SMILES string of the molecule is c1ccc(-c2ncnc(-c3cccc(-c4ccccc4-c4ccccc4)c3)n2)cc1. The average molecular weight is 385 g/mol. The molecule has 0 radical (unpaired) electrons. The van der Waals surface area contributed by atoms with Gasteiger partial charge in [0.05, 0.1) is 0 Å². The zero-order valence-electron chi connectivity index (χ0n) is 16.3. The van der Waals surface area contributed by atoms with Crippen molar-refractivity contribution >= 4 is 0 Å². The number of nitrogens with zero attached hydrogens (tertiary/aromatic N) is 3. The summed E-state index contributed by atoms with van der Waals surface area (Å²) in [5.41, 5.74) is 6.67. The van der Waals surface area contributed by atoms with E-state index in [2.05, 4.69) is 76.7 Å². The predicted octanol–water partition coefficient (Wildman–Crippen LogP) is 6.54. The molecule has 0 aliphatic carbocycles. The standard InChI is InChI=1S/C27H19N3/c1-3-10-20(11-4-1)24-16-7-8-17-25(24)22-14-9-15-23(18-22)27-29-19-28-26(30-27)21-12-5-2-6-13-21/h1-19H. The second kappa shape index (κ2) is 8.10. The quantitative estimate of drug-likeness (QED) is 0.352. The van der Waals surface area contributed by atoms with Crippen molar-refractivity contribution in [2.45, 2.75) is 0 Å². The Morgan fingerprint density at radius 1 is 0.400 bits per heavy atom. The van der Waals surface area contributed by atoms with Gasteiger partial charge < -0.3 is 0 Å². The van der Waals surface area contributed by atoms with Gasteiger partial charge in [0, 0.05) is 11.1 Å². The van der Waals surface area contributed by atoms with Crippen LogP contribution in [0.2, 0.25) is 0 Å². The van der Waals surface area contributed by atoms with Crippen molar-refractivity contribution in [3.05, 3.63) is 116 Å². The number of benzene rings is 4. The fourth-order valence-electron chi connectivity index (χ4n) is 3.59. The summed E-state index contributed by atoms with van der Waals surface area (Å²) in [4.78, 5) is 13.5. The van der Waals surface area contributed by atoms with Crippen molar-refractivity contribution < 1.29 is 0 Å². The van der Waals surface area contributed by atoms with Gasteiger partial charge in [-0.15, -0.1) is 0 Å². The lowest BCUT2D eigenvalue weighted by Crippen LogP contribution is -1.95. The van der Waals surface area contributed by atoms with Gasteiger partial charge in [-0.25, -0.2) is 15.0 Å². The van der Waals surface area contributed by atoms with Crippen LogP contribution in [0.4, 0.5) is 0 Å². The Balaban J connectivity index is 1.57. The van der Waals surface area contributed by atoms with Crippen molar-refractivity contribution in [2.24, 2.45) is 0 Å². The number of hydrogen-bond acceptors (Lipinski definition) is 3. The van der Waals surface area contributed by atoms with Gasteiger partial charge in [0.15, 0.2) is 11.6 Å². The van der Waals surface area contributed by atoms with Gasteiger partial charge >= 0.3 is 0 Å². The molecule has 5 aromatic rings. The Morgan fingerprint density at radius 3 is 1.60 bits per heavy atom. The van der Waals surface area contributed by atoms with Crippen LogP contribution in [0.5, 0.6) is 0 Å². The van der Waals surface area contributed by atoms with Crippen LogP contribution in [0.1, 0.15) is 0 Å². The molecule has 0 bridgehead atoms. The van der Waals surface area contributed by atoms with Crippen molar-refractivity contribution in [3.8, 4) is 45.0 Å². The first-order valence-electron chi connectivity index (χ1n) is 9.88. The maximum atomic E-state index is 4.71. The van der Waals surface area contributed by atoms with Crippen molar-refractivity contribution in [2.75, 3.05) is 0 Å². The van der Waals surface area contributed by atoms with E-state index in [9.17, 15) is 0 Å². The van der Waals surface area contributed by atoms with Crippen LogP contribution >= 0.6 is 0 Å². The van der Waals surface area contributed by atoms with Crippen LogP contribution in [-0.2, 0) is 0 Å². The molecule has 1 aromatic heterocycles. The molecule has 4 aromatic carbocycles. The molecular weight excluding hydrogens is 366 g/mol. The smallest absolute Gasteiger partial charge is 0.163 e. The molecule has 0 saturated carbocycles. The third-order valence-corrected chi connectivity index (χ3v) is 5.05. The summed E-state index contributed by atoms with van der Waals surface area (Å²) in [6, 6.07) is 37.3. The van der Waals surface area contributed by atoms with Gasteiger partial charge in [0.1, 0.15) is 6.33 Å². The second-order valence-corrected chi connectivity index (χ2v) is 6.99. The van der Waals surface area contributed by atoms with Gasteiger partial charge in [-0.1, -0.05) is 103 Å². The van der Waals surface area contributed by atoms with Crippen LogP contribution in [0.25, 0.3) is 45.0 Å². The van der Waals surface area contributed by atoms with Crippen molar-refractivity contribution in [1.82, 2.24) is 15.0 Å². The molecule has 0 atom stereocenters. The van der Waals surface area contributed by atoms with Crippen LogP contribution in [0.3, 0.4) is 0 Å². The van der Waals surface area contributed by atoms with Gasteiger partial charge in [0.25, 0.3) is 0 Å². The molecule has 0 spiro atoms. The first kappa shape index (κ1) is 18.0. The second-order valence-electron chi connectivity index (χ2n) is 6.99. The maximum Gasteiger partial charge on any atom is 0.163 e. The molecule has 30 heavy (non-hydrogen) atoms. The van der Waals surface area contributed by atoms with Crippen LogP contribution in [0, 0.1) is 0 Å². The van der Waals surface area contributed by atoms with E-state index in [4.69, 9.17) is 4.98 Å². The summed E-state index contributed by atoms with van der Waals surface area (Å²) in [5.74, 6) is 1.35. The van der Waals surface area contributed by atoms with Crippen LogP contribution < -0.4 is 0 Å². The molecule has 3 heteroatoms. The Bertz CT molecular complexity index is 1280. The summed E-state index contributed by atoms with van der Waals surface area (Å²) in [6.45, 7) is 0. The summed E-state index contributed by atoms with van der Waals surface area (Å²) < 4.78 is 0. The monoisotopic (exact) mass is 385 g/mol. The highest BCUT2D eigenvalue weighted by Crippen LogP contribution is 2.33. The summed E-state index contributed by atoms with van der Waals surface area (Å²) in [7, 11) is 0. The molecule has 0 unspecified atom stereocenters. The number of aromatic nitrogens is 3. The van der Waals surface area contributed by atoms with E-state index in [1.54, 1.807) is 6.33 Å². The zero-order chi connectivity index (χ0) is 20.2. The minimum absolute atomic E-state index is 0.669. The molecule has 0 amide bonds. The summed E-state index contributed by atoms with van der Waals surface area (Å²) in [5, 5.41) is 0. The highest BCUT2D eigenvalue weighted by molar-refractivity contribution is 5.84. The minimum atomic E-state index is 0.669. The lowest BCUT2D eigenvalue weighted by Gasteiger charge is -2.11. The third-order valence-electron chi connectivity index (χ3n) is 5.05. The van der Waals surface area contributed by atoms with Gasteiger partial charge in [-0.05, 0) is 28.3 Å². The van der Waals surface area contributed by atoms with E-state index in [0.717, 1.165) is 16.7 Å². The van der Waals surface area contributed by atoms with E-state index < -0.39 is 0 Å². The van der Waals surface area contributed by atoms with E-state index in [1.807, 2.05) is 42.5 Å². The Kier molecular flexibility index (Phi) is 4.84. The molecule has 0 saturated heterocycles. The summed E-state index contributed by atoms with van der Waals surface area (Å²) in [6.07, 6.45) is 1.58. The van der Waals surface area contributed by atoms with Crippen molar-refractivity contribution in [3.63, 3.8) is 0 Å². The zero-order valence-corrected chi connectivity index (χ0v) is 16.3. The normalized spacial score (nSPS) is 10.7. The molecule has 0 N–H and O–H groups in total. The Morgan fingerprint density at radius 2 is 0.900 bits per heavy atom. The molecule has 3 nitrogen and oxygen atoms in total. The van der Waals surface area contributed by atoms with E-state index >= 15 is 0 Å². The molecule has 0 aliphatic rings. The van der Waals surface area contributed by atoms with Gasteiger partial charge in [-0.2, -0.15) is 0 Å². The van der Waals surface area contributed by atoms with Gasteiger partial charge in [0.2, 0.25) is 0 Å². The number of hydrogen-bond donors (Lipinski definition) is 0. The first-order chi connectivity index (χ1) is 14.9. The summed E-state index contributed by atoms with van der Waals surface area (Å²) >= 11 is 0. The highest BCUT2D eigenvalue weighted by atomic mass is 15.0. The largest absolute Gasteiger partial charge is 0.217 e. The van der Waals surface area contributed by atoms with E-state index in [0.29, 0.717) is 11.6 Å². The highest BCUT2D eigenvalue weighted by Gasteiger charge is 2.10. The Hall–Kier alpha value is -4.11. The molecule has 1 heterocycles. The predicted molar refractivity (Wildman–Crippen MR) is 122 cm³/mol. The Labute approximate surface area is 175 Å². The average Bonchev–Trinajstić information content (AvgIpc) is 2.85. The minimum Gasteiger partial charge on any atom is -0.217 e. The maximum absolute atomic E-state index is 4.71. The van der Waals surface area contributed by atoms with Crippen molar-refractivity contribution in [1.29, 1.82) is 0 Å². The van der Waals surface area contributed by atoms with Crippen LogP contribution in [0.15, 0.2) is 116 Å². The molecule has 0 fully saturated rings. The fourth-order valence-corrected chi connectivity index (χ4v) is 3.59. The molecular formula is C27H19N3. The first-order valence-corrected chi connectivity index (χ1v) is 9.88. The topological polar surface area (TPSA) is 38.7 Å². The number of rotatable bonds is 4. The van der Waals surface area contributed by atoms with Gasteiger partial charge in [-0.3, -0.25) is 0 Å². The van der Waals surface area contributed by atoms with E-state index in [1.165, 1.54) is 16.7 Å². The lowest BCUT2D eigenvalue weighted by atomic mass is 9.94. The fraction of sp³-hybridized carbons (Fsp3) is 0. The molecule has 142 valence electrons. The molecule has 0 aliphatic heterocycles. The van der Waals surface area contributed by atoms with E-state index in [-0.39, 0.29) is 0 Å². The van der Waals surface area contributed by atoms with Crippen LogP contribution in [-0.4, -0.2) is 15.0 Å².